The van der Waals surface area contributed by atoms with E-state index in [1.54, 1.807) is 21.6 Å². The molecular weight excluding hydrogens is 356 g/mol. The van der Waals surface area contributed by atoms with Gasteiger partial charge >= 0.3 is 0 Å². The van der Waals surface area contributed by atoms with Crippen LogP contribution in [0.3, 0.4) is 0 Å². The van der Waals surface area contributed by atoms with E-state index in [2.05, 4.69) is 42.9 Å². The predicted molar refractivity (Wildman–Crippen MR) is 109 cm³/mol. The molecule has 2 N–H and O–H groups in total. The monoisotopic (exact) mass is 388 g/mol. The van der Waals surface area contributed by atoms with Gasteiger partial charge in [-0.2, -0.15) is 0 Å². The van der Waals surface area contributed by atoms with Crippen molar-refractivity contribution in [1.82, 2.24) is 10.6 Å². The van der Waals surface area contributed by atoms with Crippen molar-refractivity contribution >= 4 is 27.5 Å². The molecular formula is C18H32N2O3S2. The van der Waals surface area contributed by atoms with Crippen molar-refractivity contribution in [2.75, 3.05) is 32.2 Å². The normalized spacial score (nSPS) is 11.8. The molecule has 1 amide bonds. The van der Waals surface area contributed by atoms with Crippen LogP contribution in [0.2, 0.25) is 0 Å². The molecule has 0 spiro atoms. The van der Waals surface area contributed by atoms with Crippen LogP contribution < -0.4 is 10.6 Å². The summed E-state index contributed by atoms with van der Waals surface area (Å²) >= 11 is 0. The average molecular weight is 389 g/mol. The zero-order chi connectivity index (χ0) is 19.1. The molecule has 0 aromatic heterocycles. The van der Waals surface area contributed by atoms with Gasteiger partial charge in [0.25, 0.3) is 0 Å². The molecule has 0 fully saturated rings. The second-order valence-electron chi connectivity index (χ2n) is 5.98. The van der Waals surface area contributed by atoms with Crippen molar-refractivity contribution < 1.29 is 14.3 Å². The molecule has 7 heteroatoms. The molecule has 0 radical (unpaired) electrons. The lowest BCUT2D eigenvalue weighted by atomic mass is 10.2. The number of rotatable bonds is 13. The highest BCUT2D eigenvalue weighted by Gasteiger charge is 2.07. The van der Waals surface area contributed by atoms with Crippen LogP contribution in [0.25, 0.3) is 0 Å². The van der Waals surface area contributed by atoms with Gasteiger partial charge in [-0.25, -0.2) is 0 Å². The second-order valence-corrected chi connectivity index (χ2v) is 8.64. The Bertz CT molecular complexity index is 445. The maximum Gasteiger partial charge on any atom is 0.223 e. The van der Waals surface area contributed by atoms with Crippen LogP contribution in [0.15, 0.2) is 12.3 Å². The molecule has 1 atom stereocenters. The summed E-state index contributed by atoms with van der Waals surface area (Å²) in [6.45, 7) is 15.8. The maximum atomic E-state index is 11.4. The number of nitrogens with one attached hydrogen (secondary N) is 2. The Morgan fingerprint density at radius 2 is 1.88 bits per heavy atom. The Morgan fingerprint density at radius 1 is 1.16 bits per heavy atom. The minimum absolute atomic E-state index is 0.0166. The first-order chi connectivity index (χ1) is 11.8. The van der Waals surface area contributed by atoms with Crippen LogP contribution in [0.5, 0.6) is 0 Å². The highest BCUT2D eigenvalue weighted by Crippen LogP contribution is 2.26. The highest BCUT2D eigenvalue weighted by molar-refractivity contribution is 8.76. The molecule has 0 bridgehead atoms. The fourth-order valence-corrected chi connectivity index (χ4v) is 3.14. The summed E-state index contributed by atoms with van der Waals surface area (Å²) in [6, 6.07) is 0. The second kappa shape index (κ2) is 15.4. The minimum atomic E-state index is 0.0166. The number of hydrogen-bond donors (Lipinski definition) is 2. The van der Waals surface area contributed by atoms with Crippen LogP contribution >= 0.6 is 21.6 Å². The lowest BCUT2D eigenvalue weighted by Gasteiger charge is -2.13. The zero-order valence-electron chi connectivity index (χ0n) is 16.0. The molecule has 0 aromatic rings. The molecule has 0 saturated carbocycles. The summed E-state index contributed by atoms with van der Waals surface area (Å²) < 4.78 is 11.1. The molecule has 0 aliphatic heterocycles. The van der Waals surface area contributed by atoms with Gasteiger partial charge in [-0.15, -0.1) is 0 Å². The third-order valence-corrected chi connectivity index (χ3v) is 5.09. The molecule has 0 aliphatic rings. The van der Waals surface area contributed by atoms with Crippen molar-refractivity contribution in [3.05, 3.63) is 12.3 Å². The van der Waals surface area contributed by atoms with Crippen LogP contribution in [-0.2, 0) is 14.3 Å². The minimum Gasteiger partial charge on any atom is -0.376 e. The van der Waals surface area contributed by atoms with Gasteiger partial charge in [0.05, 0.1) is 32.2 Å². The molecule has 0 rings (SSSR count). The molecule has 5 nitrogen and oxygen atoms in total. The smallest absolute Gasteiger partial charge is 0.223 e. The third-order valence-electron chi connectivity index (χ3n) is 2.71. The Labute approximate surface area is 160 Å². The van der Waals surface area contributed by atoms with Crippen molar-refractivity contribution in [2.45, 2.75) is 40.1 Å². The van der Waals surface area contributed by atoms with E-state index in [4.69, 9.17) is 9.47 Å². The van der Waals surface area contributed by atoms with Gasteiger partial charge in [-0.1, -0.05) is 67.7 Å². The van der Waals surface area contributed by atoms with E-state index in [9.17, 15) is 4.79 Å². The van der Waals surface area contributed by atoms with Crippen LogP contribution in [0.4, 0.5) is 0 Å². The fourth-order valence-electron chi connectivity index (χ4n) is 1.41. The SMILES string of the molecule is C=C(COCCOC(C)SSCNC(=O)C(C)C)NCC#CC(C)C. The van der Waals surface area contributed by atoms with Gasteiger partial charge in [-0.3, -0.25) is 4.79 Å². The molecule has 0 aliphatic carbocycles. The molecule has 0 aromatic carbocycles. The summed E-state index contributed by atoms with van der Waals surface area (Å²) in [5.41, 5.74) is 0.856. The topological polar surface area (TPSA) is 59.6 Å². The first kappa shape index (κ1) is 24.2. The van der Waals surface area contributed by atoms with Gasteiger partial charge < -0.3 is 20.1 Å². The fraction of sp³-hybridized carbons (Fsp3) is 0.722. The molecule has 0 saturated heterocycles. The van der Waals surface area contributed by atoms with Crippen LogP contribution in [-0.4, -0.2) is 43.6 Å². The predicted octanol–water partition coefficient (Wildman–Crippen LogP) is 3.24. The summed E-state index contributed by atoms with van der Waals surface area (Å²) in [5, 5.41) is 5.96. The van der Waals surface area contributed by atoms with E-state index in [1.165, 1.54) is 0 Å². The Kier molecular flexibility index (Phi) is 14.9. The molecule has 1 unspecified atom stereocenters. The first-order valence-corrected chi connectivity index (χ1v) is 10.9. The molecule has 144 valence electrons. The third kappa shape index (κ3) is 16.4. The number of amides is 1. The largest absolute Gasteiger partial charge is 0.376 e. The first-order valence-electron chi connectivity index (χ1n) is 8.48. The van der Waals surface area contributed by atoms with Gasteiger partial charge in [0, 0.05) is 17.5 Å². The summed E-state index contributed by atoms with van der Waals surface area (Å²) in [4.78, 5) is 11.4. The Balaban J connectivity index is 3.51. The number of hydrogen-bond acceptors (Lipinski definition) is 6. The van der Waals surface area contributed by atoms with E-state index >= 15 is 0 Å². The summed E-state index contributed by atoms with van der Waals surface area (Å²) in [5.74, 6) is 7.16. The van der Waals surface area contributed by atoms with Gasteiger partial charge in [0.15, 0.2) is 0 Å². The highest BCUT2D eigenvalue weighted by atomic mass is 33.1. The molecule has 0 heterocycles. The van der Waals surface area contributed by atoms with E-state index in [1.807, 2.05) is 20.8 Å². The van der Waals surface area contributed by atoms with E-state index < -0.39 is 0 Å². The standard InChI is InChI=1S/C18H32N2O3S2/c1-14(2)8-7-9-19-16(5)12-22-10-11-23-17(6)25-24-13-20-18(21)15(3)4/h14-15,17,19H,5,9-13H2,1-4,6H3,(H,20,21). The summed E-state index contributed by atoms with van der Waals surface area (Å²) in [6.07, 6.45) is 0. The van der Waals surface area contributed by atoms with Crippen molar-refractivity contribution in [1.29, 1.82) is 0 Å². The summed E-state index contributed by atoms with van der Waals surface area (Å²) in [7, 11) is 3.16. The number of carbonyl (C=O) groups is 1. The average Bonchev–Trinajstić information content (AvgIpc) is 2.54. The van der Waals surface area contributed by atoms with E-state index in [-0.39, 0.29) is 17.3 Å². The number of ether oxygens (including phenoxy) is 2. The van der Waals surface area contributed by atoms with Crippen LogP contribution in [0, 0.1) is 23.7 Å². The van der Waals surface area contributed by atoms with Crippen molar-refractivity contribution in [2.24, 2.45) is 11.8 Å². The van der Waals surface area contributed by atoms with E-state index in [0.717, 1.165) is 5.70 Å². The van der Waals surface area contributed by atoms with Crippen LogP contribution in [0.1, 0.15) is 34.6 Å². The lowest BCUT2D eigenvalue weighted by molar-refractivity contribution is -0.123. The molecule has 25 heavy (non-hydrogen) atoms. The lowest BCUT2D eigenvalue weighted by Crippen LogP contribution is -2.27. The number of carbonyl (C=O) groups excluding carboxylic acids is 1. The van der Waals surface area contributed by atoms with Gasteiger partial charge in [-0.05, 0) is 6.92 Å². The quantitative estimate of drug-likeness (QED) is 0.219. The van der Waals surface area contributed by atoms with E-state index in [0.29, 0.717) is 38.2 Å². The van der Waals surface area contributed by atoms with Gasteiger partial charge in [0.1, 0.15) is 5.44 Å². The van der Waals surface area contributed by atoms with Crippen molar-refractivity contribution in [3.8, 4) is 11.8 Å². The Morgan fingerprint density at radius 3 is 2.52 bits per heavy atom. The van der Waals surface area contributed by atoms with Gasteiger partial charge in [0.2, 0.25) is 5.91 Å². The zero-order valence-corrected chi connectivity index (χ0v) is 17.6. The Hall–Kier alpha value is -0.810. The maximum absolute atomic E-state index is 11.4. The van der Waals surface area contributed by atoms with Crippen molar-refractivity contribution in [3.63, 3.8) is 0 Å².